The minimum Gasteiger partial charge on any atom is -0.352 e. The molecule has 5 rings (SSSR count). The number of pyridine rings is 1. The van der Waals surface area contributed by atoms with Crippen molar-refractivity contribution in [2.24, 2.45) is 4.99 Å². The molecular formula is C28H29ClN6O2S. The molecule has 10 heteroatoms. The molecule has 2 aromatic carbocycles. The van der Waals surface area contributed by atoms with E-state index in [0.29, 0.717) is 32.9 Å². The molecule has 0 radical (unpaired) electrons. The molecular weight excluding hydrogens is 520 g/mol. The van der Waals surface area contributed by atoms with Gasteiger partial charge in [-0.25, -0.2) is 0 Å². The largest absolute Gasteiger partial charge is 0.352 e. The van der Waals surface area contributed by atoms with Crippen LogP contribution in [0.1, 0.15) is 22.3 Å². The van der Waals surface area contributed by atoms with Crippen molar-refractivity contribution in [2.45, 2.75) is 6.42 Å². The zero-order chi connectivity index (χ0) is 26.5. The van der Waals surface area contributed by atoms with Gasteiger partial charge in [0, 0.05) is 49.9 Å². The summed E-state index contributed by atoms with van der Waals surface area (Å²) in [7, 11) is 2.14. The third-order valence-electron chi connectivity index (χ3n) is 6.55. The van der Waals surface area contributed by atoms with Crippen LogP contribution in [0.3, 0.4) is 0 Å². The summed E-state index contributed by atoms with van der Waals surface area (Å²) < 4.78 is 0. The Morgan fingerprint density at radius 3 is 2.82 bits per heavy atom. The van der Waals surface area contributed by atoms with E-state index >= 15 is 0 Å². The van der Waals surface area contributed by atoms with Gasteiger partial charge in [0.15, 0.2) is 5.17 Å². The lowest BCUT2D eigenvalue weighted by Crippen LogP contribution is -2.45. The van der Waals surface area contributed by atoms with E-state index in [1.165, 1.54) is 11.8 Å². The average molecular weight is 549 g/mol. The number of piperazine rings is 1. The normalized spacial score (nSPS) is 17.7. The van der Waals surface area contributed by atoms with E-state index in [-0.39, 0.29) is 11.8 Å². The Kier molecular flexibility index (Phi) is 8.38. The molecule has 38 heavy (non-hydrogen) atoms. The van der Waals surface area contributed by atoms with Gasteiger partial charge in [-0.05, 0) is 79.8 Å². The highest BCUT2D eigenvalue weighted by atomic mass is 35.5. The molecule has 2 aliphatic heterocycles. The van der Waals surface area contributed by atoms with E-state index in [4.69, 9.17) is 11.6 Å². The Hall–Kier alpha value is -3.24. The Balaban J connectivity index is 1.17. The van der Waals surface area contributed by atoms with Crippen molar-refractivity contribution in [3.63, 3.8) is 0 Å². The molecule has 2 amide bonds. The number of carbonyl (C=O) groups excluding carboxylic acids is 2. The maximum atomic E-state index is 12.7. The van der Waals surface area contributed by atoms with Gasteiger partial charge in [-0.3, -0.25) is 14.6 Å². The molecule has 1 saturated heterocycles. The van der Waals surface area contributed by atoms with Crippen LogP contribution in [-0.2, 0) is 4.79 Å². The summed E-state index contributed by atoms with van der Waals surface area (Å²) in [6, 6.07) is 14.7. The quantitative estimate of drug-likeness (QED) is 0.335. The van der Waals surface area contributed by atoms with Crippen molar-refractivity contribution in [1.82, 2.24) is 20.1 Å². The molecule has 0 bridgehead atoms. The van der Waals surface area contributed by atoms with E-state index in [1.807, 2.05) is 36.4 Å². The highest BCUT2D eigenvalue weighted by Crippen LogP contribution is 2.32. The van der Waals surface area contributed by atoms with Crippen molar-refractivity contribution in [1.29, 1.82) is 0 Å². The van der Waals surface area contributed by atoms with E-state index in [0.717, 1.165) is 55.6 Å². The monoisotopic (exact) mass is 548 g/mol. The van der Waals surface area contributed by atoms with Crippen LogP contribution in [0.15, 0.2) is 64.6 Å². The number of halogens is 1. The van der Waals surface area contributed by atoms with Crippen LogP contribution in [0.4, 0.5) is 5.69 Å². The summed E-state index contributed by atoms with van der Waals surface area (Å²) in [4.78, 5) is 39.0. The molecule has 8 nitrogen and oxygen atoms in total. The van der Waals surface area contributed by atoms with Gasteiger partial charge in [0.1, 0.15) is 0 Å². The highest BCUT2D eigenvalue weighted by Gasteiger charge is 2.23. The zero-order valence-corrected chi connectivity index (χ0v) is 22.7. The van der Waals surface area contributed by atoms with Crippen LogP contribution in [-0.4, -0.2) is 78.1 Å². The van der Waals surface area contributed by atoms with Crippen molar-refractivity contribution in [3.8, 4) is 0 Å². The van der Waals surface area contributed by atoms with Crippen molar-refractivity contribution < 1.29 is 9.59 Å². The summed E-state index contributed by atoms with van der Waals surface area (Å²) in [6.07, 6.45) is 4.46. The number of carbonyl (C=O) groups is 2. The molecule has 196 valence electrons. The lowest BCUT2D eigenvalue weighted by Gasteiger charge is -2.32. The van der Waals surface area contributed by atoms with Gasteiger partial charge in [-0.15, -0.1) is 0 Å². The molecule has 1 aromatic heterocycles. The SMILES string of the molecule is CN1CCN(CCCNC(=O)c2ccc(Cl)c(NC3=NC(=O)C(=Cc4ccc5ncccc5c4)S3)c2)CC1. The number of nitrogens with one attached hydrogen (secondary N) is 2. The number of amides is 2. The van der Waals surface area contributed by atoms with Crippen molar-refractivity contribution in [3.05, 3.63) is 75.8 Å². The molecule has 0 unspecified atom stereocenters. The summed E-state index contributed by atoms with van der Waals surface area (Å²) >= 11 is 7.62. The number of aliphatic imine (C=N–C) groups is 1. The standard InChI is InChI=1S/C28H29ClN6O2S/c1-34-12-14-35(15-13-34)11-3-10-31-26(36)21-6-7-22(29)24(18-21)32-28-33-27(37)25(38-28)17-19-5-8-23-20(16-19)4-2-9-30-23/h2,4-9,16-18H,3,10-15H2,1H3,(H,31,36)(H,32,33,37). The number of likely N-dealkylation sites (N-methyl/N-ethyl adjacent to an activating group) is 1. The fourth-order valence-corrected chi connectivity index (χ4v) is 5.34. The average Bonchev–Trinajstić information content (AvgIpc) is 3.26. The van der Waals surface area contributed by atoms with Crippen molar-refractivity contribution in [2.75, 3.05) is 51.6 Å². The number of aromatic nitrogens is 1. The summed E-state index contributed by atoms with van der Waals surface area (Å²) in [6.45, 7) is 5.88. The number of nitrogens with zero attached hydrogens (tertiary/aromatic N) is 4. The molecule has 2 aliphatic rings. The van der Waals surface area contributed by atoms with Gasteiger partial charge < -0.3 is 20.4 Å². The second-order valence-electron chi connectivity index (χ2n) is 9.36. The number of amidine groups is 1. The van der Waals surface area contributed by atoms with E-state index in [2.05, 4.69) is 37.5 Å². The first-order valence-corrected chi connectivity index (χ1v) is 13.8. The number of thioether (sulfide) groups is 1. The van der Waals surface area contributed by atoms with E-state index in [9.17, 15) is 9.59 Å². The first-order valence-electron chi connectivity index (χ1n) is 12.6. The Labute approximate surface area is 231 Å². The summed E-state index contributed by atoms with van der Waals surface area (Å²) in [5.74, 6) is -0.485. The number of fused-ring (bicyclic) bond motifs is 1. The molecule has 0 atom stereocenters. The third-order valence-corrected chi connectivity index (χ3v) is 7.78. The molecule has 3 aromatic rings. The molecule has 0 spiro atoms. The second-order valence-corrected chi connectivity index (χ2v) is 10.8. The first-order chi connectivity index (χ1) is 18.4. The Bertz CT molecular complexity index is 1420. The maximum Gasteiger partial charge on any atom is 0.286 e. The van der Waals surface area contributed by atoms with Crippen LogP contribution in [0.2, 0.25) is 5.02 Å². The zero-order valence-electron chi connectivity index (χ0n) is 21.1. The van der Waals surface area contributed by atoms with Gasteiger partial charge >= 0.3 is 0 Å². The molecule has 2 N–H and O–H groups in total. The lowest BCUT2D eigenvalue weighted by atomic mass is 10.1. The van der Waals surface area contributed by atoms with Crippen LogP contribution >= 0.6 is 23.4 Å². The van der Waals surface area contributed by atoms with Crippen LogP contribution in [0.25, 0.3) is 17.0 Å². The Morgan fingerprint density at radius 1 is 1.13 bits per heavy atom. The minimum atomic E-state index is -0.325. The fraction of sp³-hybridized carbons (Fsp3) is 0.286. The molecule has 0 saturated carbocycles. The minimum absolute atomic E-state index is 0.161. The third kappa shape index (κ3) is 6.60. The topological polar surface area (TPSA) is 89.9 Å². The highest BCUT2D eigenvalue weighted by molar-refractivity contribution is 8.18. The number of hydrogen-bond donors (Lipinski definition) is 2. The van der Waals surface area contributed by atoms with Gasteiger partial charge in [0.2, 0.25) is 0 Å². The predicted octanol–water partition coefficient (Wildman–Crippen LogP) is 4.34. The lowest BCUT2D eigenvalue weighted by molar-refractivity contribution is -0.113. The Morgan fingerprint density at radius 2 is 1.97 bits per heavy atom. The van der Waals surface area contributed by atoms with E-state index in [1.54, 1.807) is 24.4 Å². The maximum absolute atomic E-state index is 12.7. The number of anilines is 1. The van der Waals surface area contributed by atoms with Crippen LogP contribution in [0, 0.1) is 0 Å². The van der Waals surface area contributed by atoms with Crippen molar-refractivity contribution >= 4 is 63.0 Å². The fourth-order valence-electron chi connectivity index (χ4n) is 4.35. The second kappa shape index (κ2) is 12.1. The van der Waals surface area contributed by atoms with Crippen LogP contribution in [0.5, 0.6) is 0 Å². The predicted molar refractivity (Wildman–Crippen MR) is 156 cm³/mol. The van der Waals surface area contributed by atoms with Gasteiger partial charge in [-0.1, -0.05) is 23.7 Å². The summed E-state index contributed by atoms with van der Waals surface area (Å²) in [5.41, 5.74) is 2.80. The van der Waals surface area contributed by atoms with E-state index < -0.39 is 0 Å². The molecule has 0 aliphatic carbocycles. The molecule has 3 heterocycles. The van der Waals surface area contributed by atoms with Gasteiger partial charge in [0.05, 0.1) is 21.1 Å². The van der Waals surface area contributed by atoms with Gasteiger partial charge in [0.25, 0.3) is 11.8 Å². The smallest absolute Gasteiger partial charge is 0.286 e. The number of hydrogen-bond acceptors (Lipinski definition) is 7. The van der Waals surface area contributed by atoms with Crippen LogP contribution < -0.4 is 10.6 Å². The number of rotatable bonds is 7. The number of benzene rings is 2. The molecule has 1 fully saturated rings. The first kappa shape index (κ1) is 26.4. The summed E-state index contributed by atoms with van der Waals surface area (Å²) in [5, 5.41) is 7.95. The van der Waals surface area contributed by atoms with Gasteiger partial charge in [-0.2, -0.15) is 4.99 Å².